The fraction of sp³-hybridized carbons (Fsp3) is 0.242. The summed E-state index contributed by atoms with van der Waals surface area (Å²) >= 11 is 8.66. The number of anilines is 1. The summed E-state index contributed by atoms with van der Waals surface area (Å²) < 4.78 is 14.1. The molecule has 5 aromatic rings. The average molecular weight is 676 g/mol. The van der Waals surface area contributed by atoms with Gasteiger partial charge in [-0.15, -0.1) is 10.2 Å². The molecule has 1 N–H and O–H groups in total. The minimum atomic E-state index is -1.04. The van der Waals surface area contributed by atoms with Crippen LogP contribution in [0.25, 0.3) is 11.4 Å². The van der Waals surface area contributed by atoms with Gasteiger partial charge < -0.3 is 19.0 Å². The number of aryl methyl sites for hydroxylation is 2. The number of carbonyl (C=O) groups is 2. The van der Waals surface area contributed by atoms with Gasteiger partial charge in [-0.1, -0.05) is 59.0 Å². The van der Waals surface area contributed by atoms with Gasteiger partial charge in [0.2, 0.25) is 5.13 Å². The van der Waals surface area contributed by atoms with E-state index in [0.717, 1.165) is 11.1 Å². The zero-order chi connectivity index (χ0) is 32.5. The Bertz CT molecular complexity index is 1990. The maximum Gasteiger partial charge on any atom is 0.301 e. The molecule has 0 radical (unpaired) electrons. The SMILES string of the molecule is CCOc1ccc(C2C(=C(O)c3nc4c(C)cccn4c3C)C(=O)C(=O)N2c2nnc(SCc3ccc(Cl)cc3)s2)cc1OCC. The van der Waals surface area contributed by atoms with Crippen LogP contribution in [0.15, 0.2) is 70.7 Å². The van der Waals surface area contributed by atoms with Gasteiger partial charge in [-0.05, 0) is 74.7 Å². The van der Waals surface area contributed by atoms with Crippen LogP contribution in [-0.2, 0) is 15.3 Å². The number of ether oxygens (including phenoxy) is 2. The van der Waals surface area contributed by atoms with Crippen LogP contribution in [0.2, 0.25) is 5.02 Å². The molecule has 46 heavy (non-hydrogen) atoms. The van der Waals surface area contributed by atoms with Gasteiger partial charge in [-0.25, -0.2) is 4.98 Å². The molecule has 0 aliphatic carbocycles. The van der Waals surface area contributed by atoms with E-state index in [0.29, 0.717) is 56.7 Å². The van der Waals surface area contributed by atoms with Crippen LogP contribution in [0, 0.1) is 13.8 Å². The van der Waals surface area contributed by atoms with Crippen molar-refractivity contribution in [2.75, 3.05) is 18.1 Å². The van der Waals surface area contributed by atoms with E-state index < -0.39 is 17.7 Å². The highest BCUT2D eigenvalue weighted by atomic mass is 35.5. The van der Waals surface area contributed by atoms with Crippen molar-refractivity contribution in [3.63, 3.8) is 0 Å². The van der Waals surface area contributed by atoms with Crippen molar-refractivity contribution in [1.82, 2.24) is 19.6 Å². The molecule has 1 aliphatic rings. The molecule has 236 valence electrons. The Kier molecular flexibility index (Phi) is 9.03. The molecular weight excluding hydrogens is 646 g/mol. The lowest BCUT2D eigenvalue weighted by Crippen LogP contribution is -2.29. The molecule has 6 rings (SSSR count). The van der Waals surface area contributed by atoms with Gasteiger partial charge in [-0.3, -0.25) is 14.5 Å². The lowest BCUT2D eigenvalue weighted by atomic mass is 9.96. The van der Waals surface area contributed by atoms with E-state index in [9.17, 15) is 14.7 Å². The van der Waals surface area contributed by atoms with Gasteiger partial charge in [-0.2, -0.15) is 0 Å². The van der Waals surface area contributed by atoms with Crippen LogP contribution >= 0.6 is 34.7 Å². The molecule has 1 amide bonds. The summed E-state index contributed by atoms with van der Waals surface area (Å²) in [7, 11) is 0. The molecule has 13 heteroatoms. The third-order valence-corrected chi connectivity index (χ3v) is 9.89. The van der Waals surface area contributed by atoms with Gasteiger partial charge in [0, 0.05) is 17.0 Å². The summed E-state index contributed by atoms with van der Waals surface area (Å²) in [5.74, 6) is -0.483. The normalized spacial score (nSPS) is 16.0. The number of halogens is 1. The third-order valence-electron chi connectivity index (χ3n) is 7.51. The summed E-state index contributed by atoms with van der Waals surface area (Å²) in [5, 5.41) is 21.3. The Morgan fingerprint density at radius 3 is 2.48 bits per heavy atom. The summed E-state index contributed by atoms with van der Waals surface area (Å²) in [6.45, 7) is 8.23. The van der Waals surface area contributed by atoms with Crippen LogP contribution in [0.1, 0.15) is 48.0 Å². The average Bonchev–Trinajstić information content (AvgIpc) is 3.73. The lowest BCUT2D eigenvalue weighted by Gasteiger charge is -2.23. The van der Waals surface area contributed by atoms with Gasteiger partial charge in [0.05, 0.1) is 30.5 Å². The molecule has 1 atom stereocenters. The number of fused-ring (bicyclic) bond motifs is 1. The molecule has 0 saturated carbocycles. The number of hydrogen-bond donors (Lipinski definition) is 1. The molecule has 1 aliphatic heterocycles. The van der Waals surface area contributed by atoms with Crippen LogP contribution in [0.4, 0.5) is 5.13 Å². The number of nitrogens with zero attached hydrogens (tertiary/aromatic N) is 5. The highest BCUT2D eigenvalue weighted by Crippen LogP contribution is 2.46. The Hall–Kier alpha value is -4.39. The first-order chi connectivity index (χ1) is 22.2. The Labute approximate surface area is 278 Å². The molecular formula is C33H30ClN5O5S2. The lowest BCUT2D eigenvalue weighted by molar-refractivity contribution is -0.132. The summed E-state index contributed by atoms with van der Waals surface area (Å²) in [5.41, 5.74) is 3.83. The van der Waals surface area contributed by atoms with Crippen molar-refractivity contribution >= 4 is 62.9 Å². The van der Waals surface area contributed by atoms with Gasteiger partial charge in [0.15, 0.2) is 21.6 Å². The maximum absolute atomic E-state index is 13.8. The van der Waals surface area contributed by atoms with Crippen LogP contribution in [0.5, 0.6) is 11.5 Å². The fourth-order valence-corrected chi connectivity index (χ4v) is 7.29. The van der Waals surface area contributed by atoms with E-state index >= 15 is 0 Å². The Balaban J connectivity index is 1.47. The van der Waals surface area contributed by atoms with Crippen molar-refractivity contribution in [1.29, 1.82) is 0 Å². The molecule has 4 heterocycles. The quantitative estimate of drug-likeness (QED) is 0.0540. The number of carbonyl (C=O) groups excluding carboxylic acids is 2. The highest BCUT2D eigenvalue weighted by Gasteiger charge is 2.49. The molecule has 0 spiro atoms. The number of hydrogen-bond acceptors (Lipinski definition) is 10. The summed E-state index contributed by atoms with van der Waals surface area (Å²) in [6.07, 6.45) is 1.84. The number of rotatable bonds is 10. The zero-order valence-corrected chi connectivity index (χ0v) is 27.9. The molecule has 10 nitrogen and oxygen atoms in total. The van der Waals surface area contributed by atoms with E-state index in [-0.39, 0.29) is 22.2 Å². The molecule has 2 aromatic carbocycles. The monoisotopic (exact) mass is 675 g/mol. The first kappa shape index (κ1) is 31.6. The molecule has 1 saturated heterocycles. The first-order valence-corrected chi connectivity index (χ1v) is 16.8. The summed E-state index contributed by atoms with van der Waals surface area (Å²) in [6, 6.07) is 15.5. The van der Waals surface area contributed by atoms with E-state index in [1.807, 2.05) is 67.8 Å². The highest BCUT2D eigenvalue weighted by molar-refractivity contribution is 8.00. The van der Waals surface area contributed by atoms with E-state index in [1.165, 1.54) is 28.0 Å². The second kappa shape index (κ2) is 13.1. The van der Waals surface area contributed by atoms with Gasteiger partial charge in [0.25, 0.3) is 5.78 Å². The number of aliphatic hydroxyl groups is 1. The molecule has 0 bridgehead atoms. The number of aromatic nitrogens is 4. The largest absolute Gasteiger partial charge is 0.505 e. The molecule has 1 fully saturated rings. The number of pyridine rings is 1. The second-order valence-electron chi connectivity index (χ2n) is 10.4. The minimum Gasteiger partial charge on any atom is -0.505 e. The van der Waals surface area contributed by atoms with E-state index in [1.54, 1.807) is 25.1 Å². The standard InChI is InChI=1S/C33H30ClN5O5S2/c1-5-43-23-14-11-21(16-24(23)44-6-2)27-25(28(40)26-19(4)38-15-7-8-18(3)30(38)35-26)29(41)31(42)39(27)32-36-37-33(46-32)45-17-20-9-12-22(34)13-10-20/h7-16,27,40H,5-6,17H2,1-4H3. The predicted octanol–water partition coefficient (Wildman–Crippen LogP) is 7.17. The van der Waals surface area contributed by atoms with Crippen molar-refractivity contribution in [3.8, 4) is 11.5 Å². The van der Waals surface area contributed by atoms with Crippen molar-refractivity contribution in [2.24, 2.45) is 0 Å². The molecule has 1 unspecified atom stereocenters. The molecule has 3 aromatic heterocycles. The fourth-order valence-electron chi connectivity index (χ4n) is 5.34. The van der Waals surface area contributed by atoms with Crippen molar-refractivity contribution < 1.29 is 24.2 Å². The number of Topliss-reactive ketones (excluding diaryl/α,β-unsaturated/α-hetero) is 1. The predicted molar refractivity (Wildman–Crippen MR) is 179 cm³/mol. The topological polar surface area (TPSA) is 119 Å². The van der Waals surface area contributed by atoms with Crippen LogP contribution in [-0.4, -0.2) is 49.6 Å². The smallest absolute Gasteiger partial charge is 0.301 e. The van der Waals surface area contributed by atoms with Crippen LogP contribution < -0.4 is 14.4 Å². The number of benzene rings is 2. The van der Waals surface area contributed by atoms with Crippen LogP contribution in [0.3, 0.4) is 0 Å². The minimum absolute atomic E-state index is 0.105. The number of aliphatic hydroxyl groups excluding tert-OH is 1. The number of amides is 1. The Morgan fingerprint density at radius 1 is 1.02 bits per heavy atom. The number of ketones is 1. The number of thioether (sulfide) groups is 1. The van der Waals surface area contributed by atoms with E-state index in [2.05, 4.69) is 15.2 Å². The van der Waals surface area contributed by atoms with Gasteiger partial charge in [0.1, 0.15) is 11.3 Å². The van der Waals surface area contributed by atoms with Gasteiger partial charge >= 0.3 is 5.91 Å². The van der Waals surface area contributed by atoms with Crippen molar-refractivity contribution in [2.45, 2.75) is 43.8 Å². The third kappa shape index (κ3) is 5.83. The van der Waals surface area contributed by atoms with E-state index in [4.69, 9.17) is 21.1 Å². The maximum atomic E-state index is 13.8. The zero-order valence-electron chi connectivity index (χ0n) is 25.5. The summed E-state index contributed by atoms with van der Waals surface area (Å²) in [4.78, 5) is 33.6. The van der Waals surface area contributed by atoms with Crippen molar-refractivity contribution in [3.05, 3.63) is 99.5 Å². The first-order valence-electron chi connectivity index (χ1n) is 14.6. The Morgan fingerprint density at radius 2 is 1.76 bits per heavy atom. The second-order valence-corrected chi connectivity index (χ2v) is 13.1. The number of imidazole rings is 1.